The Bertz CT molecular complexity index is 1160. The van der Waals surface area contributed by atoms with E-state index in [1.54, 1.807) is 18.2 Å². The van der Waals surface area contributed by atoms with E-state index < -0.39 is 5.91 Å². The maximum absolute atomic E-state index is 12.9. The number of hydrazone groups is 1. The van der Waals surface area contributed by atoms with Crippen LogP contribution in [-0.4, -0.2) is 67.1 Å². The van der Waals surface area contributed by atoms with Crippen molar-refractivity contribution in [1.29, 1.82) is 0 Å². The van der Waals surface area contributed by atoms with Gasteiger partial charge in [-0.2, -0.15) is 9.78 Å². The van der Waals surface area contributed by atoms with Crippen LogP contribution in [0.25, 0.3) is 5.82 Å². The van der Waals surface area contributed by atoms with Gasteiger partial charge in [0.15, 0.2) is 17.2 Å². The molecule has 174 valence electrons. The molecule has 3 aromatic rings. The molecule has 3 heterocycles. The molecule has 1 aliphatic heterocycles. The van der Waals surface area contributed by atoms with Gasteiger partial charge >= 0.3 is 0 Å². The standard InChI is InChI=1S/C20H25N9O4/c1-12-6-3-4-9-28(12)11-14-16(23-27-29(14)19-18(21)25-33-26-19)20(31)24-22-10-13-7-5-8-15(32-2)17(13)30/h5,7-8,10,12,30H,3-4,6,9,11H2,1-2H3,(H2,21,25)(H,24,31)/b22-10-. The van der Waals surface area contributed by atoms with Crippen LogP contribution in [0.1, 0.15) is 47.9 Å². The zero-order valence-corrected chi connectivity index (χ0v) is 18.3. The van der Waals surface area contributed by atoms with E-state index in [1.807, 2.05) is 0 Å². The number of phenolic OH excluding ortho intramolecular Hbond substituents is 1. The van der Waals surface area contributed by atoms with Gasteiger partial charge in [-0.15, -0.1) is 5.10 Å². The molecule has 1 atom stereocenters. The number of nitrogens with two attached hydrogens (primary N) is 1. The third-order valence-corrected chi connectivity index (χ3v) is 5.59. The highest BCUT2D eigenvalue weighted by atomic mass is 16.6. The lowest BCUT2D eigenvalue weighted by molar-refractivity contribution is 0.0945. The van der Waals surface area contributed by atoms with Crippen molar-refractivity contribution in [3.05, 3.63) is 35.2 Å². The zero-order valence-electron chi connectivity index (χ0n) is 18.3. The zero-order chi connectivity index (χ0) is 23.4. The first-order valence-electron chi connectivity index (χ1n) is 10.5. The molecule has 0 radical (unpaired) electrons. The van der Waals surface area contributed by atoms with Crippen LogP contribution in [0.4, 0.5) is 5.82 Å². The Kier molecular flexibility index (Phi) is 6.49. The highest BCUT2D eigenvalue weighted by Gasteiger charge is 2.28. The van der Waals surface area contributed by atoms with Gasteiger partial charge in [0.2, 0.25) is 11.6 Å². The molecule has 1 aromatic carbocycles. The first-order chi connectivity index (χ1) is 16.0. The summed E-state index contributed by atoms with van der Waals surface area (Å²) >= 11 is 0. The Morgan fingerprint density at radius 3 is 3.00 bits per heavy atom. The molecule has 1 unspecified atom stereocenters. The highest BCUT2D eigenvalue weighted by Crippen LogP contribution is 2.28. The minimum atomic E-state index is -0.574. The average Bonchev–Trinajstić information content (AvgIpc) is 3.42. The van der Waals surface area contributed by atoms with Gasteiger partial charge in [0.25, 0.3) is 5.91 Å². The number of nitrogens with zero attached hydrogens (tertiary/aromatic N) is 7. The average molecular weight is 455 g/mol. The van der Waals surface area contributed by atoms with Crippen molar-refractivity contribution >= 4 is 17.9 Å². The number of amides is 1. The summed E-state index contributed by atoms with van der Waals surface area (Å²) in [6.45, 7) is 3.43. The number of carbonyl (C=O) groups excluding carboxylic acids is 1. The quantitative estimate of drug-likeness (QED) is 0.346. The number of carbonyl (C=O) groups is 1. The summed E-state index contributed by atoms with van der Waals surface area (Å²) in [5.41, 5.74) is 9.21. The molecule has 1 fully saturated rings. The molecule has 0 spiro atoms. The van der Waals surface area contributed by atoms with Crippen molar-refractivity contribution < 1.29 is 19.3 Å². The molecule has 4 rings (SSSR count). The Morgan fingerprint density at radius 1 is 1.42 bits per heavy atom. The predicted octanol–water partition coefficient (Wildman–Crippen LogP) is 1.08. The normalized spacial score (nSPS) is 16.8. The number of hydrogen-bond donors (Lipinski definition) is 3. The van der Waals surface area contributed by atoms with E-state index in [0.29, 0.717) is 29.6 Å². The SMILES string of the molecule is COc1cccc(/C=N\NC(=O)c2nnn(-c3nonc3N)c2CN2CCCCC2C)c1O. The number of rotatable bonds is 7. The van der Waals surface area contributed by atoms with Crippen LogP contribution in [0.15, 0.2) is 27.9 Å². The summed E-state index contributed by atoms with van der Waals surface area (Å²) in [6, 6.07) is 5.27. The lowest BCUT2D eigenvalue weighted by Gasteiger charge is -2.33. The molecule has 13 heteroatoms. The number of para-hydroxylation sites is 1. The Hall–Kier alpha value is -4.00. The number of nitrogens with one attached hydrogen (secondary N) is 1. The number of ether oxygens (including phenoxy) is 1. The van der Waals surface area contributed by atoms with E-state index in [9.17, 15) is 9.90 Å². The summed E-state index contributed by atoms with van der Waals surface area (Å²) in [4.78, 5) is 15.2. The number of phenols is 1. The van der Waals surface area contributed by atoms with E-state index in [0.717, 1.165) is 25.8 Å². The summed E-state index contributed by atoms with van der Waals surface area (Å²) in [6.07, 6.45) is 4.60. The Morgan fingerprint density at radius 2 is 2.27 bits per heavy atom. The van der Waals surface area contributed by atoms with Crippen molar-refractivity contribution in [2.75, 3.05) is 19.4 Å². The van der Waals surface area contributed by atoms with E-state index in [-0.39, 0.29) is 23.1 Å². The van der Waals surface area contributed by atoms with E-state index in [4.69, 9.17) is 15.1 Å². The van der Waals surface area contributed by atoms with E-state index in [1.165, 1.54) is 18.0 Å². The van der Waals surface area contributed by atoms with Crippen LogP contribution < -0.4 is 15.9 Å². The van der Waals surface area contributed by atoms with Gasteiger partial charge in [0.05, 0.1) is 19.0 Å². The molecular weight excluding hydrogens is 430 g/mol. The van der Waals surface area contributed by atoms with Gasteiger partial charge in [-0.1, -0.05) is 17.7 Å². The summed E-state index contributed by atoms with van der Waals surface area (Å²) in [5.74, 6) is -0.172. The molecule has 4 N–H and O–H groups in total. The number of hydrogen-bond acceptors (Lipinski definition) is 11. The molecule has 2 aromatic heterocycles. The van der Waals surface area contributed by atoms with E-state index in [2.05, 4.69) is 43.0 Å². The topological polar surface area (TPSA) is 170 Å². The van der Waals surface area contributed by atoms with Crippen LogP contribution in [-0.2, 0) is 6.54 Å². The Labute approximate surface area is 189 Å². The van der Waals surface area contributed by atoms with Crippen molar-refractivity contribution in [2.45, 2.75) is 38.8 Å². The molecule has 1 amide bonds. The largest absolute Gasteiger partial charge is 0.504 e. The first kappa shape index (κ1) is 22.2. The molecule has 0 bridgehead atoms. The van der Waals surface area contributed by atoms with Gasteiger partial charge in [0, 0.05) is 18.2 Å². The van der Waals surface area contributed by atoms with Gasteiger partial charge in [-0.25, -0.2) is 10.1 Å². The number of aromatic hydroxyl groups is 1. The molecule has 33 heavy (non-hydrogen) atoms. The van der Waals surface area contributed by atoms with Gasteiger partial charge in [0.1, 0.15) is 0 Å². The lowest BCUT2D eigenvalue weighted by Crippen LogP contribution is -2.38. The number of benzene rings is 1. The number of likely N-dealkylation sites (tertiary alicyclic amines) is 1. The van der Waals surface area contributed by atoms with Crippen molar-refractivity contribution in [3.63, 3.8) is 0 Å². The van der Waals surface area contributed by atoms with Crippen LogP contribution in [0.3, 0.4) is 0 Å². The maximum atomic E-state index is 12.9. The predicted molar refractivity (Wildman–Crippen MR) is 117 cm³/mol. The van der Waals surface area contributed by atoms with Crippen LogP contribution >= 0.6 is 0 Å². The van der Waals surface area contributed by atoms with Gasteiger partial charge in [-0.05, 0) is 48.8 Å². The second-order valence-electron chi connectivity index (χ2n) is 7.68. The number of aromatic nitrogens is 5. The molecule has 1 aliphatic rings. The van der Waals surface area contributed by atoms with E-state index >= 15 is 0 Å². The van der Waals surface area contributed by atoms with Crippen molar-refractivity contribution in [1.82, 2.24) is 35.6 Å². The molecule has 0 saturated carbocycles. The molecule has 1 saturated heterocycles. The monoisotopic (exact) mass is 455 g/mol. The number of piperidine rings is 1. The van der Waals surface area contributed by atoms with Crippen molar-refractivity contribution in [2.24, 2.45) is 5.10 Å². The fraction of sp³-hybridized carbons (Fsp3) is 0.400. The molecular formula is C20H25N9O4. The summed E-state index contributed by atoms with van der Waals surface area (Å²) in [5, 5.41) is 29.6. The van der Waals surface area contributed by atoms with Crippen LogP contribution in [0, 0.1) is 0 Å². The van der Waals surface area contributed by atoms with Crippen LogP contribution in [0.2, 0.25) is 0 Å². The third kappa shape index (κ3) is 4.62. The third-order valence-electron chi connectivity index (χ3n) is 5.59. The van der Waals surface area contributed by atoms with Gasteiger partial charge < -0.3 is 15.6 Å². The second kappa shape index (κ2) is 9.65. The number of nitrogen functional groups attached to an aromatic ring is 1. The summed E-state index contributed by atoms with van der Waals surface area (Å²) < 4.78 is 11.1. The van der Waals surface area contributed by atoms with Crippen molar-refractivity contribution in [3.8, 4) is 17.3 Å². The number of anilines is 1. The minimum absolute atomic E-state index is 0.0336. The van der Waals surface area contributed by atoms with Gasteiger partial charge in [-0.3, -0.25) is 9.69 Å². The highest BCUT2D eigenvalue weighted by molar-refractivity contribution is 5.94. The lowest BCUT2D eigenvalue weighted by atomic mass is 10.0. The van der Waals surface area contributed by atoms with Crippen LogP contribution in [0.5, 0.6) is 11.5 Å². The smallest absolute Gasteiger partial charge is 0.293 e. The molecule has 0 aliphatic carbocycles. The first-order valence-corrected chi connectivity index (χ1v) is 10.5. The minimum Gasteiger partial charge on any atom is -0.504 e. The fourth-order valence-electron chi connectivity index (χ4n) is 3.73. The molecule has 13 nitrogen and oxygen atoms in total. The maximum Gasteiger partial charge on any atom is 0.293 e. The number of methoxy groups -OCH3 is 1. The summed E-state index contributed by atoms with van der Waals surface area (Å²) in [7, 11) is 1.45. The Balaban J connectivity index is 1.59. The second-order valence-corrected chi connectivity index (χ2v) is 7.68. The fourth-order valence-corrected chi connectivity index (χ4v) is 3.73.